The summed E-state index contributed by atoms with van der Waals surface area (Å²) in [6, 6.07) is 14.9. The summed E-state index contributed by atoms with van der Waals surface area (Å²) >= 11 is 1.23. The van der Waals surface area contributed by atoms with Crippen molar-refractivity contribution < 1.29 is 13.6 Å². The van der Waals surface area contributed by atoms with E-state index in [4.69, 9.17) is 4.42 Å². The van der Waals surface area contributed by atoms with E-state index in [-0.39, 0.29) is 11.7 Å². The molecule has 7 nitrogen and oxygen atoms in total. The van der Waals surface area contributed by atoms with Crippen LogP contribution in [0.1, 0.15) is 5.76 Å². The molecule has 0 saturated heterocycles. The first-order chi connectivity index (χ1) is 14.2. The number of nitrogens with zero attached hydrogens (tertiary/aromatic N) is 4. The van der Waals surface area contributed by atoms with Gasteiger partial charge in [0.2, 0.25) is 5.91 Å². The normalized spacial score (nSPS) is 10.8. The van der Waals surface area contributed by atoms with Crippen LogP contribution in [0.15, 0.2) is 76.6 Å². The fourth-order valence-electron chi connectivity index (χ4n) is 2.67. The van der Waals surface area contributed by atoms with Crippen LogP contribution in [0, 0.1) is 5.82 Å². The van der Waals surface area contributed by atoms with Crippen molar-refractivity contribution in [2.24, 2.45) is 0 Å². The van der Waals surface area contributed by atoms with Gasteiger partial charge in [0, 0.05) is 11.9 Å². The fraction of sp³-hybridized carbons (Fsp3) is 0.100. The largest absolute Gasteiger partial charge is 0.467 e. The number of hydrogen-bond donors (Lipinski definition) is 1. The maximum Gasteiger partial charge on any atom is 0.234 e. The quantitative estimate of drug-likeness (QED) is 0.467. The minimum atomic E-state index is -0.409. The zero-order valence-corrected chi connectivity index (χ0v) is 16.0. The predicted octanol–water partition coefficient (Wildman–Crippen LogP) is 3.85. The molecule has 1 aromatic carbocycles. The van der Waals surface area contributed by atoms with Crippen LogP contribution >= 0.6 is 11.8 Å². The third kappa shape index (κ3) is 4.69. The van der Waals surface area contributed by atoms with Gasteiger partial charge in [-0.05, 0) is 42.5 Å². The van der Waals surface area contributed by atoms with E-state index in [9.17, 15) is 9.18 Å². The van der Waals surface area contributed by atoms with Gasteiger partial charge in [0.15, 0.2) is 11.0 Å². The standard InChI is InChI=1S/C20H16FN5O2S/c21-14-5-3-6-15(11-14)23-18(27)13-29-20-25-24-19(17-8-1-2-9-22-17)26(20)12-16-7-4-10-28-16/h1-11H,12-13H2,(H,23,27). The molecule has 0 spiro atoms. The zero-order chi connectivity index (χ0) is 20.1. The molecule has 0 atom stereocenters. The minimum absolute atomic E-state index is 0.0923. The maximum absolute atomic E-state index is 13.3. The van der Waals surface area contributed by atoms with E-state index in [1.54, 1.807) is 24.6 Å². The number of benzene rings is 1. The van der Waals surface area contributed by atoms with Gasteiger partial charge in [-0.3, -0.25) is 14.3 Å². The summed E-state index contributed by atoms with van der Waals surface area (Å²) in [7, 11) is 0. The summed E-state index contributed by atoms with van der Waals surface area (Å²) in [4.78, 5) is 16.6. The van der Waals surface area contributed by atoms with Gasteiger partial charge in [-0.25, -0.2) is 4.39 Å². The van der Waals surface area contributed by atoms with E-state index in [0.29, 0.717) is 28.9 Å². The van der Waals surface area contributed by atoms with Crippen LogP contribution in [0.25, 0.3) is 11.5 Å². The van der Waals surface area contributed by atoms with Gasteiger partial charge < -0.3 is 9.73 Å². The topological polar surface area (TPSA) is 85.8 Å². The van der Waals surface area contributed by atoms with Gasteiger partial charge in [-0.15, -0.1) is 10.2 Å². The smallest absolute Gasteiger partial charge is 0.234 e. The molecule has 0 unspecified atom stereocenters. The van der Waals surface area contributed by atoms with Crippen LogP contribution in [0.4, 0.5) is 10.1 Å². The Kier molecular flexibility index (Phi) is 5.66. The van der Waals surface area contributed by atoms with E-state index in [1.807, 2.05) is 28.8 Å². The van der Waals surface area contributed by atoms with Gasteiger partial charge in [0.1, 0.15) is 17.3 Å². The molecule has 0 radical (unpaired) electrons. The van der Waals surface area contributed by atoms with E-state index in [0.717, 1.165) is 5.76 Å². The average Bonchev–Trinajstić information content (AvgIpc) is 3.38. The highest BCUT2D eigenvalue weighted by molar-refractivity contribution is 7.99. The highest BCUT2D eigenvalue weighted by Crippen LogP contribution is 2.24. The number of halogens is 1. The van der Waals surface area contributed by atoms with Crippen molar-refractivity contribution in [1.29, 1.82) is 0 Å². The van der Waals surface area contributed by atoms with E-state index in [2.05, 4.69) is 20.5 Å². The maximum atomic E-state index is 13.3. The van der Waals surface area contributed by atoms with Crippen molar-refractivity contribution in [2.45, 2.75) is 11.7 Å². The lowest BCUT2D eigenvalue weighted by molar-refractivity contribution is -0.113. The molecular formula is C20H16FN5O2S. The molecule has 0 saturated carbocycles. The second-order valence-corrected chi connectivity index (χ2v) is 6.98. The predicted molar refractivity (Wildman–Crippen MR) is 107 cm³/mol. The Hall–Kier alpha value is -3.46. The third-order valence-corrected chi connectivity index (χ3v) is 4.91. The first kappa shape index (κ1) is 18.9. The lowest BCUT2D eigenvalue weighted by Crippen LogP contribution is -2.15. The van der Waals surface area contributed by atoms with Crippen LogP contribution in [0.2, 0.25) is 0 Å². The number of pyridine rings is 1. The van der Waals surface area contributed by atoms with Crippen molar-refractivity contribution in [3.63, 3.8) is 0 Å². The third-order valence-electron chi connectivity index (χ3n) is 3.95. The van der Waals surface area contributed by atoms with Gasteiger partial charge >= 0.3 is 0 Å². The number of anilines is 1. The lowest BCUT2D eigenvalue weighted by Gasteiger charge is -2.09. The van der Waals surface area contributed by atoms with Gasteiger partial charge in [0.05, 0.1) is 18.6 Å². The molecule has 3 aromatic heterocycles. The number of amides is 1. The molecular weight excluding hydrogens is 393 g/mol. The highest BCUT2D eigenvalue weighted by atomic mass is 32.2. The average molecular weight is 409 g/mol. The molecule has 0 bridgehead atoms. The van der Waals surface area contributed by atoms with Crippen molar-refractivity contribution >= 4 is 23.4 Å². The summed E-state index contributed by atoms with van der Waals surface area (Å²) in [6.07, 6.45) is 3.28. The van der Waals surface area contributed by atoms with Crippen LogP contribution < -0.4 is 5.32 Å². The minimum Gasteiger partial charge on any atom is -0.467 e. The number of rotatable bonds is 7. The molecule has 1 amide bonds. The SMILES string of the molecule is O=C(CSc1nnc(-c2ccccn2)n1Cc1ccco1)Nc1cccc(F)c1. The number of carbonyl (C=O) groups is 1. The lowest BCUT2D eigenvalue weighted by atomic mass is 10.3. The van der Waals surface area contributed by atoms with Gasteiger partial charge in [-0.2, -0.15) is 0 Å². The molecule has 3 heterocycles. The number of furan rings is 1. The Labute approximate surface area is 170 Å². The van der Waals surface area contributed by atoms with Crippen molar-refractivity contribution in [1.82, 2.24) is 19.7 Å². The Balaban J connectivity index is 1.52. The highest BCUT2D eigenvalue weighted by Gasteiger charge is 2.17. The summed E-state index contributed by atoms with van der Waals surface area (Å²) in [5.41, 5.74) is 1.07. The van der Waals surface area contributed by atoms with E-state index in [1.165, 1.54) is 30.0 Å². The van der Waals surface area contributed by atoms with Crippen molar-refractivity contribution in [3.05, 3.63) is 78.6 Å². The number of thioether (sulfide) groups is 1. The van der Waals surface area contributed by atoms with Gasteiger partial charge in [-0.1, -0.05) is 23.9 Å². The molecule has 146 valence electrons. The molecule has 29 heavy (non-hydrogen) atoms. The Morgan fingerprint density at radius 2 is 2.07 bits per heavy atom. The molecule has 1 N–H and O–H groups in total. The van der Waals surface area contributed by atoms with Crippen molar-refractivity contribution in [2.75, 3.05) is 11.1 Å². The fourth-order valence-corrected chi connectivity index (χ4v) is 3.41. The second-order valence-electron chi connectivity index (χ2n) is 6.03. The molecule has 0 aliphatic heterocycles. The number of aromatic nitrogens is 4. The molecule has 4 aromatic rings. The molecule has 0 fully saturated rings. The van der Waals surface area contributed by atoms with Crippen LogP contribution in [-0.2, 0) is 11.3 Å². The number of carbonyl (C=O) groups excluding carboxylic acids is 1. The summed E-state index contributed by atoms with van der Waals surface area (Å²) < 4.78 is 20.6. The summed E-state index contributed by atoms with van der Waals surface area (Å²) in [5, 5.41) is 11.7. The summed E-state index contributed by atoms with van der Waals surface area (Å²) in [5.74, 6) is 0.721. The van der Waals surface area contributed by atoms with Gasteiger partial charge in [0.25, 0.3) is 0 Å². The number of nitrogens with one attached hydrogen (secondary N) is 1. The molecule has 9 heteroatoms. The van der Waals surface area contributed by atoms with E-state index >= 15 is 0 Å². The van der Waals surface area contributed by atoms with Crippen molar-refractivity contribution in [3.8, 4) is 11.5 Å². The Bertz CT molecular complexity index is 1100. The second kappa shape index (κ2) is 8.70. The monoisotopic (exact) mass is 409 g/mol. The zero-order valence-electron chi connectivity index (χ0n) is 15.2. The summed E-state index contributed by atoms with van der Waals surface area (Å²) in [6.45, 7) is 0.403. The molecule has 0 aliphatic carbocycles. The first-order valence-electron chi connectivity index (χ1n) is 8.74. The first-order valence-corrected chi connectivity index (χ1v) is 9.73. The van der Waals surface area contributed by atoms with Crippen LogP contribution in [0.3, 0.4) is 0 Å². The Morgan fingerprint density at radius 3 is 2.83 bits per heavy atom. The molecule has 4 rings (SSSR count). The molecule has 0 aliphatic rings. The van der Waals surface area contributed by atoms with Crippen LogP contribution in [0.5, 0.6) is 0 Å². The number of hydrogen-bond acceptors (Lipinski definition) is 6. The Morgan fingerprint density at radius 1 is 1.14 bits per heavy atom. The van der Waals surface area contributed by atoms with E-state index < -0.39 is 5.82 Å². The van der Waals surface area contributed by atoms with Crippen LogP contribution in [-0.4, -0.2) is 31.4 Å².